The second-order valence-electron chi connectivity index (χ2n) is 5.75. The molecule has 144 valence electrons. The summed E-state index contributed by atoms with van der Waals surface area (Å²) in [5.41, 5.74) is 2.78. The number of nitrogens with one attached hydrogen (secondary N) is 1. The van der Waals surface area contributed by atoms with Crippen molar-refractivity contribution >= 4 is 12.1 Å². The number of carbonyl (C=O) groups is 1. The van der Waals surface area contributed by atoms with Crippen LogP contribution in [0.3, 0.4) is 0 Å². The van der Waals surface area contributed by atoms with Gasteiger partial charge in [-0.1, -0.05) is 18.2 Å². The number of carbonyl (C=O) groups excluding carboxylic acids is 1. The van der Waals surface area contributed by atoms with Crippen LogP contribution in [-0.2, 0) is 6.18 Å². The Labute approximate surface area is 159 Å². The summed E-state index contributed by atoms with van der Waals surface area (Å²) in [7, 11) is 1.46. The number of hydrazone groups is 1. The summed E-state index contributed by atoms with van der Waals surface area (Å²) in [6.45, 7) is 0. The van der Waals surface area contributed by atoms with Crippen LogP contribution in [-0.4, -0.2) is 23.8 Å². The first-order valence-electron chi connectivity index (χ1n) is 8.21. The van der Waals surface area contributed by atoms with Crippen molar-refractivity contribution in [2.24, 2.45) is 5.10 Å². The Hall–Kier alpha value is -3.55. The second-order valence-corrected chi connectivity index (χ2v) is 5.75. The lowest BCUT2D eigenvalue weighted by atomic mass is 10.2. The normalized spacial score (nSPS) is 11.6. The predicted molar refractivity (Wildman–Crippen MR) is 98.8 cm³/mol. The fraction of sp³-hybridized carbons (Fsp3) is 0.100. The highest BCUT2D eigenvalue weighted by Gasteiger charge is 2.30. The fourth-order valence-electron chi connectivity index (χ4n) is 2.62. The summed E-state index contributed by atoms with van der Waals surface area (Å²) in [6.07, 6.45) is -1.47. The maximum atomic E-state index is 12.9. The Morgan fingerprint density at radius 2 is 1.89 bits per heavy atom. The van der Waals surface area contributed by atoms with E-state index in [1.54, 1.807) is 48.7 Å². The van der Waals surface area contributed by atoms with E-state index in [1.807, 2.05) is 0 Å². The summed E-state index contributed by atoms with van der Waals surface area (Å²) in [6, 6.07) is 15.0. The van der Waals surface area contributed by atoms with E-state index in [1.165, 1.54) is 24.0 Å². The van der Waals surface area contributed by atoms with Crippen molar-refractivity contribution in [1.82, 2.24) is 9.99 Å². The van der Waals surface area contributed by atoms with E-state index in [0.717, 1.165) is 12.1 Å². The maximum Gasteiger partial charge on any atom is 0.416 e. The molecular formula is C20H16F3N3O2. The van der Waals surface area contributed by atoms with E-state index in [-0.39, 0.29) is 0 Å². The molecule has 1 N–H and O–H groups in total. The average Bonchev–Trinajstić information content (AvgIpc) is 3.16. The molecule has 0 aliphatic heterocycles. The van der Waals surface area contributed by atoms with Crippen LogP contribution in [0.1, 0.15) is 21.6 Å². The molecule has 0 bridgehead atoms. The van der Waals surface area contributed by atoms with Gasteiger partial charge in [0.25, 0.3) is 5.91 Å². The highest BCUT2D eigenvalue weighted by Crippen LogP contribution is 2.30. The van der Waals surface area contributed by atoms with Crippen LogP contribution in [0.25, 0.3) is 5.69 Å². The lowest BCUT2D eigenvalue weighted by Gasteiger charge is -2.11. The quantitative estimate of drug-likeness (QED) is 0.525. The summed E-state index contributed by atoms with van der Waals surface area (Å²) in [4.78, 5) is 12.2. The van der Waals surface area contributed by atoms with E-state index >= 15 is 0 Å². The van der Waals surface area contributed by atoms with Gasteiger partial charge in [-0.05, 0) is 42.5 Å². The number of para-hydroxylation sites is 1. The van der Waals surface area contributed by atoms with E-state index in [2.05, 4.69) is 10.5 Å². The number of methoxy groups -OCH3 is 1. The number of halogens is 3. The maximum absolute atomic E-state index is 12.9. The fourth-order valence-corrected chi connectivity index (χ4v) is 2.62. The molecule has 0 saturated heterocycles. The minimum Gasteiger partial charge on any atom is -0.496 e. The Bertz CT molecular complexity index is 1010. The van der Waals surface area contributed by atoms with Gasteiger partial charge >= 0.3 is 6.18 Å². The minimum absolute atomic E-state index is 0.315. The van der Waals surface area contributed by atoms with Gasteiger partial charge in [-0.15, -0.1) is 0 Å². The molecule has 0 aliphatic rings. The van der Waals surface area contributed by atoms with Crippen molar-refractivity contribution in [2.45, 2.75) is 6.18 Å². The van der Waals surface area contributed by atoms with Crippen molar-refractivity contribution in [3.8, 4) is 11.4 Å². The van der Waals surface area contributed by atoms with Crippen molar-refractivity contribution in [2.75, 3.05) is 7.11 Å². The third kappa shape index (κ3) is 4.22. The molecule has 1 amide bonds. The van der Waals surface area contributed by atoms with Crippen LogP contribution < -0.4 is 10.2 Å². The first kappa shape index (κ1) is 19.2. The molecule has 0 spiro atoms. The number of alkyl halides is 3. The van der Waals surface area contributed by atoms with Crippen molar-refractivity contribution < 1.29 is 22.7 Å². The van der Waals surface area contributed by atoms with Crippen LogP contribution in [0.15, 0.2) is 72.0 Å². The molecule has 0 fully saturated rings. The molecule has 5 nitrogen and oxygen atoms in total. The zero-order valence-corrected chi connectivity index (χ0v) is 14.8. The largest absolute Gasteiger partial charge is 0.496 e. The highest BCUT2D eigenvalue weighted by molar-refractivity contribution is 5.97. The summed E-state index contributed by atoms with van der Waals surface area (Å²) in [5, 5.41) is 3.90. The second kappa shape index (κ2) is 7.99. The molecule has 0 radical (unpaired) electrons. The van der Waals surface area contributed by atoms with Crippen molar-refractivity contribution in [3.05, 3.63) is 83.7 Å². The summed E-state index contributed by atoms with van der Waals surface area (Å²) >= 11 is 0. The number of rotatable bonds is 5. The third-order valence-corrected chi connectivity index (χ3v) is 3.95. The zero-order chi connectivity index (χ0) is 20.1. The van der Waals surface area contributed by atoms with Crippen molar-refractivity contribution in [1.29, 1.82) is 0 Å². The first-order chi connectivity index (χ1) is 13.4. The van der Waals surface area contributed by atoms with Gasteiger partial charge in [-0.2, -0.15) is 18.3 Å². The molecule has 2 aromatic carbocycles. The van der Waals surface area contributed by atoms with E-state index in [9.17, 15) is 18.0 Å². The van der Waals surface area contributed by atoms with E-state index in [4.69, 9.17) is 4.74 Å². The number of hydrogen-bond acceptors (Lipinski definition) is 3. The molecule has 28 heavy (non-hydrogen) atoms. The van der Waals surface area contributed by atoms with Crippen molar-refractivity contribution in [3.63, 3.8) is 0 Å². The topological polar surface area (TPSA) is 55.6 Å². The molecule has 0 aliphatic carbocycles. The Balaban J connectivity index is 1.79. The lowest BCUT2D eigenvalue weighted by Crippen LogP contribution is -2.18. The van der Waals surface area contributed by atoms with Gasteiger partial charge in [-0.3, -0.25) is 4.79 Å². The molecule has 8 heteroatoms. The van der Waals surface area contributed by atoms with Gasteiger partial charge in [0.2, 0.25) is 0 Å². The van der Waals surface area contributed by atoms with Gasteiger partial charge in [-0.25, -0.2) is 5.43 Å². The monoisotopic (exact) mass is 387 g/mol. The smallest absolute Gasteiger partial charge is 0.416 e. The minimum atomic E-state index is -4.43. The Morgan fingerprint density at radius 1 is 1.11 bits per heavy atom. The number of ether oxygens (including phenoxy) is 1. The molecule has 1 aromatic heterocycles. The standard InChI is InChI=1S/C20H16F3N3O2/c1-28-18-10-3-2-9-17(18)19(27)25-24-13-16-8-5-11-26(16)15-7-4-6-14(12-15)20(21,22)23/h2-13H,1H3,(H,25,27)/b24-13-. The molecule has 0 unspecified atom stereocenters. The lowest BCUT2D eigenvalue weighted by molar-refractivity contribution is -0.137. The number of nitrogens with zero attached hydrogens (tertiary/aromatic N) is 2. The molecule has 0 atom stereocenters. The SMILES string of the molecule is COc1ccccc1C(=O)N/N=C\c1cccn1-c1cccc(C(F)(F)F)c1. The van der Waals surface area contributed by atoms with Crippen LogP contribution in [0.5, 0.6) is 5.75 Å². The zero-order valence-electron chi connectivity index (χ0n) is 14.8. The van der Waals surface area contributed by atoms with Crippen LogP contribution in [0.4, 0.5) is 13.2 Å². The third-order valence-electron chi connectivity index (χ3n) is 3.95. The Morgan fingerprint density at radius 3 is 2.64 bits per heavy atom. The molecule has 0 saturated carbocycles. The number of benzene rings is 2. The first-order valence-corrected chi connectivity index (χ1v) is 8.21. The molecule has 3 aromatic rings. The van der Waals surface area contributed by atoms with Crippen LogP contribution in [0, 0.1) is 0 Å². The van der Waals surface area contributed by atoms with Gasteiger partial charge in [0, 0.05) is 11.9 Å². The number of hydrogen-bond donors (Lipinski definition) is 1. The van der Waals surface area contributed by atoms with Gasteiger partial charge < -0.3 is 9.30 Å². The molecular weight excluding hydrogens is 371 g/mol. The number of amides is 1. The predicted octanol–water partition coefficient (Wildman–Crippen LogP) is 4.27. The summed E-state index contributed by atoms with van der Waals surface area (Å²) in [5.74, 6) is -0.0617. The van der Waals surface area contributed by atoms with Gasteiger partial charge in [0.15, 0.2) is 0 Å². The number of aromatic nitrogens is 1. The molecule has 3 rings (SSSR count). The van der Waals surface area contributed by atoms with Gasteiger partial charge in [0.1, 0.15) is 5.75 Å². The highest BCUT2D eigenvalue weighted by atomic mass is 19.4. The van der Waals surface area contributed by atoms with Crippen LogP contribution in [0.2, 0.25) is 0 Å². The van der Waals surface area contributed by atoms with E-state index in [0.29, 0.717) is 22.7 Å². The van der Waals surface area contributed by atoms with Gasteiger partial charge in [0.05, 0.1) is 30.1 Å². The summed E-state index contributed by atoms with van der Waals surface area (Å²) < 4.78 is 45.5. The molecule has 1 heterocycles. The van der Waals surface area contributed by atoms with E-state index < -0.39 is 17.6 Å². The average molecular weight is 387 g/mol. The van der Waals surface area contributed by atoms with Crippen LogP contribution >= 0.6 is 0 Å². The Kier molecular flexibility index (Phi) is 5.49.